The van der Waals surface area contributed by atoms with Gasteiger partial charge in [0.25, 0.3) is 0 Å². The summed E-state index contributed by atoms with van der Waals surface area (Å²) in [5.41, 5.74) is 7.74. The first-order valence-corrected chi connectivity index (χ1v) is 6.82. The number of anilines is 1. The van der Waals surface area contributed by atoms with E-state index in [-0.39, 0.29) is 5.91 Å². The largest absolute Gasteiger partial charge is 0.398 e. The first kappa shape index (κ1) is 12.9. The van der Waals surface area contributed by atoms with E-state index < -0.39 is 0 Å². The highest BCUT2D eigenvalue weighted by Crippen LogP contribution is 2.30. The Kier molecular flexibility index (Phi) is 4.24. The minimum absolute atomic E-state index is 0.269. The molecule has 0 unspecified atom stereocenters. The lowest BCUT2D eigenvalue weighted by Gasteiger charge is -2.28. The van der Waals surface area contributed by atoms with Crippen molar-refractivity contribution in [2.45, 2.75) is 39.2 Å². The SMILES string of the molecule is CCN(Cc1ccccc1N)C(=O)CC1CCC1. The molecular formula is C15H22N2O. The van der Waals surface area contributed by atoms with Crippen LogP contribution in [0.4, 0.5) is 5.69 Å². The van der Waals surface area contributed by atoms with Crippen molar-refractivity contribution in [1.29, 1.82) is 0 Å². The van der Waals surface area contributed by atoms with Crippen LogP contribution in [-0.4, -0.2) is 17.4 Å². The standard InChI is InChI=1S/C15H22N2O/c1-2-17(15(18)10-12-6-5-7-12)11-13-8-3-4-9-14(13)16/h3-4,8-9,12H,2,5-7,10-11,16H2,1H3. The molecule has 1 aliphatic rings. The molecule has 2 rings (SSSR count). The van der Waals surface area contributed by atoms with Crippen LogP contribution in [0.15, 0.2) is 24.3 Å². The normalized spacial score (nSPS) is 15.2. The van der Waals surface area contributed by atoms with E-state index in [1.165, 1.54) is 19.3 Å². The highest BCUT2D eigenvalue weighted by molar-refractivity contribution is 5.76. The first-order chi connectivity index (χ1) is 8.70. The van der Waals surface area contributed by atoms with Crippen molar-refractivity contribution in [3.8, 4) is 0 Å². The number of hydrogen-bond donors (Lipinski definition) is 1. The Bertz CT molecular complexity index is 413. The first-order valence-electron chi connectivity index (χ1n) is 6.82. The summed E-state index contributed by atoms with van der Waals surface area (Å²) in [6.07, 6.45) is 4.43. The second kappa shape index (κ2) is 5.89. The van der Waals surface area contributed by atoms with Crippen molar-refractivity contribution in [2.24, 2.45) is 5.92 Å². The lowest BCUT2D eigenvalue weighted by atomic mass is 9.82. The average Bonchev–Trinajstić information content (AvgIpc) is 2.32. The fourth-order valence-electron chi connectivity index (χ4n) is 2.33. The van der Waals surface area contributed by atoms with Crippen LogP contribution < -0.4 is 5.73 Å². The summed E-state index contributed by atoms with van der Waals surface area (Å²) in [5.74, 6) is 0.894. The molecule has 1 aromatic rings. The van der Waals surface area contributed by atoms with Crippen LogP contribution in [0.1, 0.15) is 38.2 Å². The Balaban J connectivity index is 1.95. The van der Waals surface area contributed by atoms with Crippen LogP contribution in [0.5, 0.6) is 0 Å². The zero-order chi connectivity index (χ0) is 13.0. The summed E-state index contributed by atoms with van der Waals surface area (Å²) in [6, 6.07) is 7.77. The maximum Gasteiger partial charge on any atom is 0.223 e. The van der Waals surface area contributed by atoms with E-state index in [4.69, 9.17) is 5.73 Å². The van der Waals surface area contributed by atoms with Crippen LogP contribution in [0.3, 0.4) is 0 Å². The van der Waals surface area contributed by atoms with Gasteiger partial charge in [-0.3, -0.25) is 4.79 Å². The summed E-state index contributed by atoms with van der Waals surface area (Å²) in [5, 5.41) is 0. The Morgan fingerprint density at radius 3 is 2.67 bits per heavy atom. The quantitative estimate of drug-likeness (QED) is 0.812. The van der Waals surface area contributed by atoms with Gasteiger partial charge in [0, 0.05) is 25.2 Å². The summed E-state index contributed by atoms with van der Waals surface area (Å²) in [7, 11) is 0. The topological polar surface area (TPSA) is 46.3 Å². The van der Waals surface area contributed by atoms with Gasteiger partial charge in [-0.05, 0) is 37.3 Å². The lowest BCUT2D eigenvalue weighted by Crippen LogP contribution is -2.33. The molecule has 0 atom stereocenters. The zero-order valence-corrected chi connectivity index (χ0v) is 11.1. The predicted molar refractivity (Wildman–Crippen MR) is 73.9 cm³/mol. The number of nitrogen functional groups attached to an aromatic ring is 1. The third-order valence-electron chi connectivity index (χ3n) is 3.84. The van der Waals surface area contributed by atoms with Crippen molar-refractivity contribution >= 4 is 11.6 Å². The van der Waals surface area contributed by atoms with Gasteiger partial charge in [0.2, 0.25) is 5.91 Å². The third-order valence-corrected chi connectivity index (χ3v) is 3.84. The van der Waals surface area contributed by atoms with Gasteiger partial charge in [0.05, 0.1) is 0 Å². The minimum Gasteiger partial charge on any atom is -0.398 e. The van der Waals surface area contributed by atoms with E-state index in [9.17, 15) is 4.79 Å². The molecule has 2 N–H and O–H groups in total. The number of nitrogens with zero attached hydrogens (tertiary/aromatic N) is 1. The zero-order valence-electron chi connectivity index (χ0n) is 11.1. The highest BCUT2D eigenvalue weighted by Gasteiger charge is 2.23. The van der Waals surface area contributed by atoms with Gasteiger partial charge in [-0.1, -0.05) is 24.6 Å². The Hall–Kier alpha value is -1.51. The molecule has 0 aliphatic heterocycles. The summed E-state index contributed by atoms with van der Waals surface area (Å²) < 4.78 is 0. The molecule has 1 amide bonds. The van der Waals surface area contributed by atoms with Crippen molar-refractivity contribution in [2.75, 3.05) is 12.3 Å². The molecule has 98 valence electrons. The van der Waals surface area contributed by atoms with E-state index in [0.29, 0.717) is 18.9 Å². The van der Waals surface area contributed by atoms with Crippen molar-refractivity contribution in [1.82, 2.24) is 4.90 Å². The number of nitrogens with two attached hydrogens (primary N) is 1. The Morgan fingerprint density at radius 2 is 2.11 bits per heavy atom. The van der Waals surface area contributed by atoms with Crippen LogP contribution in [0.2, 0.25) is 0 Å². The maximum atomic E-state index is 12.2. The molecule has 3 heteroatoms. The van der Waals surface area contributed by atoms with Gasteiger partial charge >= 0.3 is 0 Å². The maximum absolute atomic E-state index is 12.2. The summed E-state index contributed by atoms with van der Waals surface area (Å²) >= 11 is 0. The Morgan fingerprint density at radius 1 is 1.39 bits per heavy atom. The number of benzene rings is 1. The molecule has 0 bridgehead atoms. The van der Waals surface area contributed by atoms with Crippen LogP contribution in [-0.2, 0) is 11.3 Å². The fraction of sp³-hybridized carbons (Fsp3) is 0.533. The fourth-order valence-corrected chi connectivity index (χ4v) is 2.33. The predicted octanol–water partition coefficient (Wildman–Crippen LogP) is 2.81. The molecule has 0 saturated heterocycles. The van der Waals surface area contributed by atoms with Crippen LogP contribution in [0.25, 0.3) is 0 Å². The number of para-hydroxylation sites is 1. The highest BCUT2D eigenvalue weighted by atomic mass is 16.2. The van der Waals surface area contributed by atoms with E-state index >= 15 is 0 Å². The molecule has 0 aromatic heterocycles. The van der Waals surface area contributed by atoms with Gasteiger partial charge in [-0.25, -0.2) is 0 Å². The molecule has 0 spiro atoms. The average molecular weight is 246 g/mol. The van der Waals surface area contributed by atoms with Gasteiger partial charge in [0.15, 0.2) is 0 Å². The molecular weight excluding hydrogens is 224 g/mol. The van der Waals surface area contributed by atoms with E-state index in [2.05, 4.69) is 0 Å². The molecule has 3 nitrogen and oxygen atoms in total. The van der Waals surface area contributed by atoms with Gasteiger partial charge < -0.3 is 10.6 Å². The van der Waals surface area contributed by atoms with Gasteiger partial charge in [0.1, 0.15) is 0 Å². The number of amides is 1. The smallest absolute Gasteiger partial charge is 0.223 e. The van der Waals surface area contributed by atoms with Crippen LogP contribution >= 0.6 is 0 Å². The number of carbonyl (C=O) groups is 1. The van der Waals surface area contributed by atoms with E-state index in [0.717, 1.165) is 17.8 Å². The number of hydrogen-bond acceptors (Lipinski definition) is 2. The molecule has 1 aromatic carbocycles. The third kappa shape index (κ3) is 3.03. The second-order valence-corrected chi connectivity index (χ2v) is 5.11. The summed E-state index contributed by atoms with van der Waals surface area (Å²) in [6.45, 7) is 3.41. The summed E-state index contributed by atoms with van der Waals surface area (Å²) in [4.78, 5) is 14.1. The molecule has 0 radical (unpaired) electrons. The van der Waals surface area contributed by atoms with Gasteiger partial charge in [-0.15, -0.1) is 0 Å². The monoisotopic (exact) mass is 246 g/mol. The second-order valence-electron chi connectivity index (χ2n) is 5.11. The van der Waals surface area contributed by atoms with Crippen LogP contribution in [0, 0.1) is 5.92 Å². The molecule has 0 heterocycles. The molecule has 1 saturated carbocycles. The molecule has 18 heavy (non-hydrogen) atoms. The van der Waals surface area contributed by atoms with E-state index in [1.807, 2.05) is 36.1 Å². The van der Waals surface area contributed by atoms with Gasteiger partial charge in [-0.2, -0.15) is 0 Å². The lowest BCUT2D eigenvalue weighted by molar-refractivity contribution is -0.133. The van der Waals surface area contributed by atoms with Crippen molar-refractivity contribution < 1.29 is 4.79 Å². The van der Waals surface area contributed by atoms with Crippen molar-refractivity contribution in [3.63, 3.8) is 0 Å². The molecule has 1 fully saturated rings. The van der Waals surface area contributed by atoms with Crippen molar-refractivity contribution in [3.05, 3.63) is 29.8 Å². The molecule has 1 aliphatic carbocycles. The number of rotatable bonds is 5. The van der Waals surface area contributed by atoms with E-state index in [1.54, 1.807) is 0 Å². The Labute approximate surface area is 109 Å². The number of carbonyl (C=O) groups excluding carboxylic acids is 1. The minimum atomic E-state index is 0.269.